The Morgan fingerprint density at radius 3 is 2.48 bits per heavy atom. The topological polar surface area (TPSA) is 77.1 Å². The first-order valence-corrected chi connectivity index (χ1v) is 9.59. The van der Waals surface area contributed by atoms with E-state index in [9.17, 15) is 9.59 Å². The molecule has 1 saturated heterocycles. The molecule has 2 aromatic carbocycles. The zero-order chi connectivity index (χ0) is 21.0. The van der Waals surface area contributed by atoms with Crippen LogP contribution in [0.5, 0.6) is 5.75 Å². The number of nitrogens with zero attached hydrogens (tertiary/aromatic N) is 1. The Balaban J connectivity index is 2.00. The van der Waals surface area contributed by atoms with Gasteiger partial charge in [-0.1, -0.05) is 23.2 Å². The van der Waals surface area contributed by atoms with Gasteiger partial charge in [-0.2, -0.15) is 0 Å². The lowest BCUT2D eigenvalue weighted by molar-refractivity contribution is 0.0600. The Bertz CT molecular complexity index is 929. The molecule has 154 valence electrons. The number of rotatable bonds is 5. The van der Waals surface area contributed by atoms with Crippen LogP contribution in [0.3, 0.4) is 0 Å². The highest BCUT2D eigenvalue weighted by Gasteiger charge is 2.22. The van der Waals surface area contributed by atoms with Crippen LogP contribution in [0.15, 0.2) is 30.3 Å². The van der Waals surface area contributed by atoms with Gasteiger partial charge in [0.05, 0.1) is 55.0 Å². The fraction of sp³-hybridized carbons (Fsp3) is 0.300. The van der Waals surface area contributed by atoms with Crippen LogP contribution in [0.2, 0.25) is 10.0 Å². The lowest BCUT2D eigenvalue weighted by Crippen LogP contribution is -2.36. The summed E-state index contributed by atoms with van der Waals surface area (Å²) in [5, 5.41) is 3.37. The van der Waals surface area contributed by atoms with Gasteiger partial charge in [-0.3, -0.25) is 4.79 Å². The Labute approximate surface area is 178 Å². The first kappa shape index (κ1) is 21.2. The average Bonchev–Trinajstić information content (AvgIpc) is 2.73. The molecule has 1 heterocycles. The second-order valence-corrected chi connectivity index (χ2v) is 7.09. The lowest BCUT2D eigenvalue weighted by Gasteiger charge is -2.30. The standard InChI is InChI=1S/C20H20Cl2N2O5/c1-27-18-14(10-13(21)11-15(18)22)19(25)23-16-9-12(20(26)28-2)3-4-17(16)24-5-7-29-8-6-24/h3-4,9-11H,5-8H2,1-2H3,(H,23,25). The zero-order valence-corrected chi connectivity index (χ0v) is 17.5. The molecule has 7 nitrogen and oxygen atoms in total. The molecule has 0 saturated carbocycles. The van der Waals surface area contributed by atoms with Gasteiger partial charge < -0.3 is 24.4 Å². The molecule has 3 rings (SSSR count). The molecule has 0 radical (unpaired) electrons. The predicted molar refractivity (Wildman–Crippen MR) is 112 cm³/mol. The minimum atomic E-state index is -0.502. The third-order valence-electron chi connectivity index (χ3n) is 4.47. The number of esters is 1. The van der Waals surface area contributed by atoms with E-state index in [0.29, 0.717) is 42.6 Å². The number of carbonyl (C=O) groups excluding carboxylic acids is 2. The highest BCUT2D eigenvalue weighted by Crippen LogP contribution is 2.34. The second-order valence-electron chi connectivity index (χ2n) is 6.25. The largest absolute Gasteiger partial charge is 0.494 e. The highest BCUT2D eigenvalue weighted by atomic mass is 35.5. The number of anilines is 2. The van der Waals surface area contributed by atoms with Crippen molar-refractivity contribution in [2.24, 2.45) is 0 Å². The van der Waals surface area contributed by atoms with E-state index < -0.39 is 11.9 Å². The van der Waals surface area contributed by atoms with Crippen LogP contribution >= 0.6 is 23.2 Å². The van der Waals surface area contributed by atoms with Gasteiger partial charge in [0.2, 0.25) is 0 Å². The van der Waals surface area contributed by atoms with Gasteiger partial charge in [-0.05, 0) is 30.3 Å². The van der Waals surface area contributed by atoms with Crippen molar-refractivity contribution >= 4 is 46.5 Å². The molecule has 2 aromatic rings. The number of ether oxygens (including phenoxy) is 3. The van der Waals surface area contributed by atoms with Gasteiger partial charge in [-0.25, -0.2) is 4.79 Å². The average molecular weight is 439 g/mol. The molecule has 1 N–H and O–H groups in total. The number of methoxy groups -OCH3 is 2. The highest BCUT2D eigenvalue weighted by molar-refractivity contribution is 6.36. The molecule has 29 heavy (non-hydrogen) atoms. The van der Waals surface area contributed by atoms with Crippen molar-refractivity contribution in [2.45, 2.75) is 0 Å². The SMILES string of the molecule is COC(=O)c1ccc(N2CCOCC2)c(NC(=O)c2cc(Cl)cc(Cl)c2OC)c1. The number of carbonyl (C=O) groups is 2. The van der Waals surface area contributed by atoms with Crippen molar-refractivity contribution in [1.82, 2.24) is 0 Å². The Kier molecular flexibility index (Phi) is 6.84. The van der Waals surface area contributed by atoms with E-state index in [1.165, 1.54) is 26.4 Å². The summed E-state index contributed by atoms with van der Waals surface area (Å²) in [5.41, 5.74) is 1.72. The molecule has 1 aliphatic rings. The maximum Gasteiger partial charge on any atom is 0.337 e. The number of halogens is 2. The molecule has 1 aliphatic heterocycles. The number of hydrogen-bond donors (Lipinski definition) is 1. The summed E-state index contributed by atoms with van der Waals surface area (Å²) in [6.45, 7) is 2.47. The summed E-state index contributed by atoms with van der Waals surface area (Å²) >= 11 is 12.2. The summed E-state index contributed by atoms with van der Waals surface area (Å²) in [5.74, 6) is -0.759. The second kappa shape index (κ2) is 9.35. The van der Waals surface area contributed by atoms with Gasteiger partial charge in [0.15, 0.2) is 0 Å². The summed E-state index contributed by atoms with van der Waals surface area (Å²) in [6, 6.07) is 7.97. The number of nitrogens with one attached hydrogen (secondary N) is 1. The predicted octanol–water partition coefficient (Wildman–Crippen LogP) is 3.88. The van der Waals surface area contributed by atoms with Crippen molar-refractivity contribution in [3.8, 4) is 5.75 Å². The maximum absolute atomic E-state index is 13.0. The monoisotopic (exact) mass is 438 g/mol. The van der Waals surface area contributed by atoms with E-state index in [0.717, 1.165) is 5.69 Å². The van der Waals surface area contributed by atoms with Crippen molar-refractivity contribution < 1.29 is 23.8 Å². The summed E-state index contributed by atoms with van der Waals surface area (Å²) in [4.78, 5) is 27.1. The van der Waals surface area contributed by atoms with Gasteiger partial charge in [0.25, 0.3) is 5.91 Å². The van der Waals surface area contributed by atoms with E-state index >= 15 is 0 Å². The normalized spacial score (nSPS) is 13.7. The number of hydrogen-bond acceptors (Lipinski definition) is 6. The molecule has 9 heteroatoms. The van der Waals surface area contributed by atoms with Crippen LogP contribution in [0.25, 0.3) is 0 Å². The molecule has 0 atom stereocenters. The summed E-state index contributed by atoms with van der Waals surface area (Å²) < 4.78 is 15.5. The molecule has 0 unspecified atom stereocenters. The molecule has 0 spiro atoms. The van der Waals surface area contributed by atoms with Crippen LogP contribution < -0.4 is 15.0 Å². The smallest absolute Gasteiger partial charge is 0.337 e. The van der Waals surface area contributed by atoms with E-state index in [2.05, 4.69) is 10.2 Å². The van der Waals surface area contributed by atoms with Crippen LogP contribution in [-0.4, -0.2) is 52.4 Å². The molecular formula is C20H20Cl2N2O5. The fourth-order valence-electron chi connectivity index (χ4n) is 3.09. The molecular weight excluding hydrogens is 419 g/mol. The quantitative estimate of drug-likeness (QED) is 0.713. The minimum absolute atomic E-state index is 0.182. The van der Waals surface area contributed by atoms with Crippen LogP contribution in [0.4, 0.5) is 11.4 Å². The van der Waals surface area contributed by atoms with E-state index in [4.69, 9.17) is 37.4 Å². The minimum Gasteiger partial charge on any atom is -0.494 e. The van der Waals surface area contributed by atoms with Crippen LogP contribution in [-0.2, 0) is 9.47 Å². The third-order valence-corrected chi connectivity index (χ3v) is 4.97. The number of benzene rings is 2. The van der Waals surface area contributed by atoms with Gasteiger partial charge >= 0.3 is 5.97 Å². The van der Waals surface area contributed by atoms with Gasteiger partial charge in [0, 0.05) is 18.1 Å². The van der Waals surface area contributed by atoms with Crippen molar-refractivity contribution in [2.75, 3.05) is 50.7 Å². The Morgan fingerprint density at radius 1 is 1.10 bits per heavy atom. The molecule has 0 aromatic heterocycles. The first-order chi connectivity index (χ1) is 13.9. The Hall–Kier alpha value is -2.48. The molecule has 1 fully saturated rings. The van der Waals surface area contributed by atoms with Crippen molar-refractivity contribution in [1.29, 1.82) is 0 Å². The van der Waals surface area contributed by atoms with Crippen LogP contribution in [0.1, 0.15) is 20.7 Å². The van der Waals surface area contributed by atoms with E-state index in [-0.39, 0.29) is 16.3 Å². The van der Waals surface area contributed by atoms with E-state index in [1.807, 2.05) is 0 Å². The molecule has 0 bridgehead atoms. The summed E-state index contributed by atoms with van der Waals surface area (Å²) in [7, 11) is 2.72. The van der Waals surface area contributed by atoms with Gasteiger partial charge in [0.1, 0.15) is 5.75 Å². The third kappa shape index (κ3) is 4.75. The van der Waals surface area contributed by atoms with Gasteiger partial charge in [-0.15, -0.1) is 0 Å². The zero-order valence-electron chi connectivity index (χ0n) is 16.0. The summed E-state index contributed by atoms with van der Waals surface area (Å²) in [6.07, 6.45) is 0. The van der Waals surface area contributed by atoms with Crippen LogP contribution in [0, 0.1) is 0 Å². The maximum atomic E-state index is 13.0. The van der Waals surface area contributed by atoms with E-state index in [1.54, 1.807) is 18.2 Å². The molecule has 0 aliphatic carbocycles. The Morgan fingerprint density at radius 2 is 1.83 bits per heavy atom. The van der Waals surface area contributed by atoms with Crippen molar-refractivity contribution in [3.63, 3.8) is 0 Å². The van der Waals surface area contributed by atoms with Crippen molar-refractivity contribution in [3.05, 3.63) is 51.5 Å². The number of morpholine rings is 1. The number of amides is 1. The fourth-order valence-corrected chi connectivity index (χ4v) is 3.66. The molecule has 1 amide bonds. The lowest BCUT2D eigenvalue weighted by atomic mass is 10.1. The first-order valence-electron chi connectivity index (χ1n) is 8.84.